The van der Waals surface area contributed by atoms with Gasteiger partial charge >= 0.3 is 12.4 Å². The van der Waals surface area contributed by atoms with E-state index in [1.165, 1.54) is 24.0 Å². The van der Waals surface area contributed by atoms with Crippen LogP contribution >= 0.6 is 0 Å². The van der Waals surface area contributed by atoms with Crippen LogP contribution in [0.25, 0.3) is 0 Å². The smallest absolute Gasteiger partial charge is 0.392 e. The third-order valence-corrected chi connectivity index (χ3v) is 4.92. The number of benzene rings is 2. The van der Waals surface area contributed by atoms with Gasteiger partial charge in [0, 0.05) is 18.7 Å². The lowest BCUT2D eigenvalue weighted by atomic mass is 9.84. The second-order valence-electron chi connectivity index (χ2n) is 7.48. The van der Waals surface area contributed by atoms with Gasteiger partial charge in [0.25, 0.3) is 0 Å². The van der Waals surface area contributed by atoms with Gasteiger partial charge in [-0.05, 0) is 49.7 Å². The molecular weight excluding hydrogens is 440 g/mol. The van der Waals surface area contributed by atoms with E-state index >= 15 is 0 Å². The maximum absolute atomic E-state index is 13.3. The molecule has 0 spiro atoms. The number of rotatable bonds is 8. The lowest BCUT2D eigenvalue weighted by Crippen LogP contribution is -2.59. The van der Waals surface area contributed by atoms with Gasteiger partial charge in [0.2, 0.25) is 0 Å². The maximum atomic E-state index is 13.3. The van der Waals surface area contributed by atoms with Crippen LogP contribution in [0.4, 0.5) is 32.0 Å². The van der Waals surface area contributed by atoms with E-state index in [1.807, 2.05) is 0 Å². The molecule has 0 aliphatic rings. The predicted octanol–water partition coefficient (Wildman–Crippen LogP) is 4.68. The molecule has 32 heavy (non-hydrogen) atoms. The minimum atomic E-state index is -5.07. The Balaban J connectivity index is 2.71. The van der Waals surface area contributed by atoms with Gasteiger partial charge in [-0.25, -0.2) is 0 Å². The van der Waals surface area contributed by atoms with Crippen LogP contribution in [0, 0.1) is 0 Å². The average Bonchev–Trinajstić information content (AvgIpc) is 2.69. The number of ketones is 1. The van der Waals surface area contributed by atoms with E-state index in [2.05, 4.69) is 0 Å². The Labute approximate surface area is 180 Å². The van der Waals surface area contributed by atoms with E-state index in [4.69, 9.17) is 0 Å². The number of aliphatic hydroxyl groups is 1. The van der Waals surface area contributed by atoms with Crippen molar-refractivity contribution in [3.8, 4) is 0 Å². The second kappa shape index (κ2) is 9.32. The summed E-state index contributed by atoms with van der Waals surface area (Å²) in [6.07, 6.45) is -11.8. The number of aliphatic hydroxyl groups excluding tert-OH is 1. The minimum absolute atomic E-state index is 0.0232. The summed E-state index contributed by atoms with van der Waals surface area (Å²) in [5.74, 6) is -0.803. The summed E-state index contributed by atoms with van der Waals surface area (Å²) in [5, 5.41) is 9.93. The Morgan fingerprint density at radius 2 is 1.50 bits per heavy atom. The quantitative estimate of drug-likeness (QED) is 0.352. The molecule has 1 N–H and O–H groups in total. The zero-order valence-corrected chi connectivity index (χ0v) is 17.2. The van der Waals surface area contributed by atoms with E-state index in [-0.39, 0.29) is 18.9 Å². The van der Waals surface area contributed by atoms with Crippen molar-refractivity contribution < 1.29 is 41.0 Å². The Hall–Kier alpha value is -2.88. The first-order valence-corrected chi connectivity index (χ1v) is 9.47. The highest BCUT2D eigenvalue weighted by Crippen LogP contribution is 2.38. The number of anilines is 1. The first kappa shape index (κ1) is 25.4. The summed E-state index contributed by atoms with van der Waals surface area (Å²) in [7, 11) is 0. The number of hydrogen-bond donors (Lipinski definition) is 1. The van der Waals surface area contributed by atoms with Crippen molar-refractivity contribution in [1.82, 2.24) is 0 Å². The number of halogens is 6. The van der Waals surface area contributed by atoms with Crippen LogP contribution in [0.5, 0.6) is 0 Å². The highest BCUT2D eigenvalue weighted by molar-refractivity contribution is 6.05. The largest absolute Gasteiger partial charge is 0.416 e. The van der Waals surface area contributed by atoms with E-state index < -0.39 is 52.9 Å². The van der Waals surface area contributed by atoms with Crippen molar-refractivity contribution in [3.63, 3.8) is 0 Å². The van der Waals surface area contributed by atoms with E-state index in [0.29, 0.717) is 17.8 Å². The fourth-order valence-corrected chi connectivity index (χ4v) is 3.40. The lowest BCUT2D eigenvalue weighted by molar-refractivity contribution is -0.143. The van der Waals surface area contributed by atoms with Crippen molar-refractivity contribution in [3.05, 3.63) is 65.2 Å². The van der Waals surface area contributed by atoms with Gasteiger partial charge in [0.15, 0.2) is 17.6 Å². The summed E-state index contributed by atoms with van der Waals surface area (Å²) in [6.45, 7) is 2.12. The normalized spacial score (nSPS) is 15.0. The highest BCUT2D eigenvalue weighted by Gasteiger charge is 2.44. The fourth-order valence-electron chi connectivity index (χ4n) is 3.40. The van der Waals surface area contributed by atoms with Crippen LogP contribution in [0.2, 0.25) is 0 Å². The van der Waals surface area contributed by atoms with E-state index in [9.17, 15) is 41.0 Å². The number of aldehydes is 1. The van der Waals surface area contributed by atoms with E-state index in [1.54, 1.807) is 18.2 Å². The molecule has 0 heterocycles. The number of para-hydroxylation sites is 1. The Kier molecular flexibility index (Phi) is 7.39. The maximum Gasteiger partial charge on any atom is 0.416 e. The van der Waals surface area contributed by atoms with Crippen LogP contribution in [-0.4, -0.2) is 35.4 Å². The van der Waals surface area contributed by atoms with Gasteiger partial charge in [-0.3, -0.25) is 4.79 Å². The molecule has 0 saturated heterocycles. The lowest BCUT2D eigenvalue weighted by Gasteiger charge is -2.41. The van der Waals surface area contributed by atoms with Crippen LogP contribution in [0.15, 0.2) is 48.5 Å². The van der Waals surface area contributed by atoms with Gasteiger partial charge in [-0.15, -0.1) is 0 Å². The van der Waals surface area contributed by atoms with Crippen molar-refractivity contribution in [2.75, 3.05) is 11.4 Å². The summed E-state index contributed by atoms with van der Waals surface area (Å²) in [4.78, 5) is 26.1. The zero-order chi connectivity index (χ0) is 24.3. The van der Waals surface area contributed by atoms with Gasteiger partial charge in [0.05, 0.1) is 17.2 Å². The molecule has 0 unspecified atom stereocenters. The number of carbonyl (C=O) groups excluding carboxylic acids is 2. The summed E-state index contributed by atoms with van der Waals surface area (Å²) in [5.41, 5.74) is -5.45. The second-order valence-corrected chi connectivity index (χ2v) is 7.48. The van der Waals surface area contributed by atoms with Crippen LogP contribution in [0.3, 0.4) is 0 Å². The molecule has 0 aliphatic carbocycles. The number of carbonyl (C=O) groups is 2. The first-order chi connectivity index (χ1) is 14.7. The van der Waals surface area contributed by atoms with Crippen molar-refractivity contribution in [2.45, 2.75) is 44.3 Å². The molecule has 174 valence electrons. The molecule has 2 atom stereocenters. The molecule has 0 fully saturated rings. The Bertz CT molecular complexity index is 924. The zero-order valence-electron chi connectivity index (χ0n) is 17.2. The molecule has 0 aliphatic heterocycles. The standard InChI is InChI=1S/C22H21F6NO3/c1-14(31)12-29(19-6-4-3-5-7-19)20(13-30,15(2)32)11-16-8-17(21(23,24)25)10-18(9-16)22(26,27)28/h3-10,13-14,31H,11-12H2,1-2H3/t14-,20-/m1/s1. The molecular formula is C22H21F6NO3. The third kappa shape index (κ3) is 5.67. The van der Waals surface area contributed by atoms with Crippen molar-refractivity contribution >= 4 is 17.8 Å². The topological polar surface area (TPSA) is 57.6 Å². The summed E-state index contributed by atoms with van der Waals surface area (Å²) < 4.78 is 79.5. The van der Waals surface area contributed by atoms with Crippen molar-refractivity contribution in [1.29, 1.82) is 0 Å². The average molecular weight is 461 g/mol. The molecule has 0 radical (unpaired) electrons. The number of β-amino-alcohol motifs (C(OH)–C–C–N with tert-alkyl or cyclic N) is 1. The van der Waals surface area contributed by atoms with Crippen LogP contribution in [0.1, 0.15) is 30.5 Å². The number of hydrogen-bond acceptors (Lipinski definition) is 4. The number of Topliss-reactive ketones (excluding diaryl/α,β-unsaturated/α-hetero) is 1. The molecule has 2 rings (SSSR count). The monoisotopic (exact) mass is 461 g/mol. The van der Waals surface area contributed by atoms with Gasteiger partial charge in [-0.2, -0.15) is 26.3 Å². The molecule has 0 amide bonds. The highest BCUT2D eigenvalue weighted by atomic mass is 19.4. The molecule has 2 aromatic rings. The van der Waals surface area contributed by atoms with Gasteiger partial charge in [-0.1, -0.05) is 18.2 Å². The van der Waals surface area contributed by atoms with Gasteiger partial charge < -0.3 is 14.8 Å². The van der Waals surface area contributed by atoms with Crippen LogP contribution in [-0.2, 0) is 28.4 Å². The molecule has 0 saturated carbocycles. The number of nitrogens with zero attached hydrogens (tertiary/aromatic N) is 1. The predicted molar refractivity (Wildman–Crippen MR) is 105 cm³/mol. The fraction of sp³-hybridized carbons (Fsp3) is 0.364. The van der Waals surface area contributed by atoms with Crippen LogP contribution < -0.4 is 4.90 Å². The first-order valence-electron chi connectivity index (χ1n) is 9.47. The van der Waals surface area contributed by atoms with Crippen molar-refractivity contribution in [2.24, 2.45) is 0 Å². The van der Waals surface area contributed by atoms with Gasteiger partial charge in [0.1, 0.15) is 0 Å². The SMILES string of the molecule is CC(=O)[C@](C=O)(Cc1cc(C(F)(F)F)cc(C(F)(F)F)c1)N(C[C@@H](C)O)c1ccccc1. The Morgan fingerprint density at radius 3 is 1.88 bits per heavy atom. The summed E-state index contributed by atoms with van der Waals surface area (Å²) in [6, 6.07) is 8.77. The summed E-state index contributed by atoms with van der Waals surface area (Å²) >= 11 is 0. The van der Waals surface area contributed by atoms with E-state index in [0.717, 1.165) is 6.92 Å². The Morgan fingerprint density at radius 1 is 1.00 bits per heavy atom. The minimum Gasteiger partial charge on any atom is -0.392 e. The molecule has 0 aromatic heterocycles. The number of alkyl halides is 6. The molecule has 4 nitrogen and oxygen atoms in total. The molecule has 2 aromatic carbocycles. The molecule has 0 bridgehead atoms. The third-order valence-electron chi connectivity index (χ3n) is 4.92. The molecule has 10 heteroatoms.